The predicted molar refractivity (Wildman–Crippen MR) is 115 cm³/mol. The Bertz CT molecular complexity index is 1180. The summed E-state index contributed by atoms with van der Waals surface area (Å²) in [5, 5.41) is 5.21. The third-order valence-electron chi connectivity index (χ3n) is 5.02. The largest absolute Gasteiger partial charge is 0.345 e. The van der Waals surface area contributed by atoms with Crippen molar-refractivity contribution >= 4 is 38.3 Å². The number of hydrogen-bond donors (Lipinski definition) is 2. The fraction of sp³-hybridized carbons (Fsp3) is 0.227. The van der Waals surface area contributed by atoms with Crippen molar-refractivity contribution in [1.29, 1.82) is 0 Å². The lowest BCUT2D eigenvalue weighted by molar-refractivity contribution is 0.0940. The van der Waals surface area contributed by atoms with E-state index in [1.165, 1.54) is 18.2 Å². The van der Waals surface area contributed by atoms with E-state index in [-0.39, 0.29) is 33.5 Å². The summed E-state index contributed by atoms with van der Waals surface area (Å²) in [7, 11) is -3.76. The molecule has 0 bridgehead atoms. The summed E-state index contributed by atoms with van der Waals surface area (Å²) >= 11 is 6.11. The first kappa shape index (κ1) is 19.9. The molecule has 1 amide bonds. The first-order chi connectivity index (χ1) is 13.8. The molecule has 0 radical (unpaired) electrons. The van der Waals surface area contributed by atoms with E-state index in [0.717, 1.165) is 29.2 Å². The molecule has 0 heterocycles. The Morgan fingerprint density at radius 3 is 2.55 bits per heavy atom. The summed E-state index contributed by atoms with van der Waals surface area (Å²) in [5.74, 6) is -0.357. The van der Waals surface area contributed by atoms with Gasteiger partial charge in [-0.05, 0) is 54.3 Å². The molecule has 7 heteroatoms. The van der Waals surface area contributed by atoms with Crippen LogP contribution in [0.25, 0.3) is 10.8 Å². The van der Waals surface area contributed by atoms with E-state index in [1.54, 1.807) is 0 Å². The third kappa shape index (κ3) is 4.29. The van der Waals surface area contributed by atoms with Gasteiger partial charge in [0.15, 0.2) is 0 Å². The van der Waals surface area contributed by atoms with Crippen molar-refractivity contribution in [2.24, 2.45) is 0 Å². The number of hydrogen-bond acceptors (Lipinski definition) is 3. The van der Waals surface area contributed by atoms with Gasteiger partial charge >= 0.3 is 0 Å². The Labute approximate surface area is 175 Å². The van der Waals surface area contributed by atoms with Gasteiger partial charge in [-0.1, -0.05) is 54.1 Å². The zero-order valence-electron chi connectivity index (χ0n) is 15.9. The van der Waals surface area contributed by atoms with Gasteiger partial charge < -0.3 is 5.32 Å². The highest BCUT2D eigenvalue weighted by molar-refractivity contribution is 7.89. The fourth-order valence-corrected chi connectivity index (χ4v) is 5.15. The summed E-state index contributed by atoms with van der Waals surface area (Å²) in [6.07, 6.45) is 1.64. The van der Waals surface area contributed by atoms with Crippen LogP contribution in [0, 0.1) is 0 Å². The zero-order valence-corrected chi connectivity index (χ0v) is 17.4. The molecule has 0 saturated heterocycles. The third-order valence-corrected chi connectivity index (χ3v) is 7.02. The van der Waals surface area contributed by atoms with Crippen LogP contribution in [0.1, 0.15) is 41.7 Å². The van der Waals surface area contributed by atoms with Crippen molar-refractivity contribution in [3.05, 3.63) is 76.8 Å². The Hall–Kier alpha value is -2.41. The number of carbonyl (C=O) groups is 1. The van der Waals surface area contributed by atoms with E-state index in [9.17, 15) is 13.2 Å². The maximum Gasteiger partial charge on any atom is 0.251 e. The Kier molecular flexibility index (Phi) is 5.34. The van der Waals surface area contributed by atoms with Gasteiger partial charge in [0.2, 0.25) is 10.0 Å². The van der Waals surface area contributed by atoms with Crippen molar-refractivity contribution in [2.45, 2.75) is 36.7 Å². The second-order valence-corrected chi connectivity index (χ2v) is 9.39. The number of halogens is 1. The maximum atomic E-state index is 12.8. The number of carbonyl (C=O) groups excluding carboxylic acids is 1. The molecule has 29 heavy (non-hydrogen) atoms. The summed E-state index contributed by atoms with van der Waals surface area (Å²) in [5.41, 5.74) is 1.24. The van der Waals surface area contributed by atoms with Crippen molar-refractivity contribution in [3.8, 4) is 0 Å². The molecule has 1 saturated carbocycles. The second-order valence-electron chi connectivity index (χ2n) is 7.30. The lowest BCUT2D eigenvalue weighted by Gasteiger charge is -2.17. The summed E-state index contributed by atoms with van der Waals surface area (Å²) < 4.78 is 27.7. The molecule has 0 aliphatic heterocycles. The van der Waals surface area contributed by atoms with Gasteiger partial charge in [-0.15, -0.1) is 0 Å². The van der Waals surface area contributed by atoms with Crippen LogP contribution in [0.15, 0.2) is 65.6 Å². The van der Waals surface area contributed by atoms with Crippen LogP contribution in [-0.2, 0) is 10.0 Å². The van der Waals surface area contributed by atoms with Crippen molar-refractivity contribution < 1.29 is 13.2 Å². The topological polar surface area (TPSA) is 75.3 Å². The predicted octanol–water partition coefficient (Wildman–Crippen LogP) is 4.42. The average molecular weight is 429 g/mol. The van der Waals surface area contributed by atoms with E-state index in [1.807, 2.05) is 49.4 Å². The molecule has 0 aromatic heterocycles. The molecule has 1 aliphatic carbocycles. The Morgan fingerprint density at radius 2 is 1.79 bits per heavy atom. The van der Waals surface area contributed by atoms with Crippen LogP contribution >= 0.6 is 11.6 Å². The van der Waals surface area contributed by atoms with E-state index in [2.05, 4.69) is 10.0 Å². The molecule has 1 atom stereocenters. The molecule has 1 unspecified atom stereocenters. The molecule has 1 fully saturated rings. The number of fused-ring (bicyclic) bond motifs is 1. The minimum absolute atomic E-state index is 0.0417. The zero-order chi connectivity index (χ0) is 20.6. The van der Waals surface area contributed by atoms with Crippen molar-refractivity contribution in [2.75, 3.05) is 0 Å². The molecular formula is C22H21ClN2O3S. The van der Waals surface area contributed by atoms with Crippen LogP contribution in [0.3, 0.4) is 0 Å². The maximum absolute atomic E-state index is 12.8. The number of rotatable bonds is 6. The van der Waals surface area contributed by atoms with Crippen LogP contribution in [0.4, 0.5) is 0 Å². The van der Waals surface area contributed by atoms with Crippen LogP contribution in [-0.4, -0.2) is 20.4 Å². The standard InChI is InChI=1S/C22H21ClN2O3S/c1-14(18-8-4-6-15-5-2-3-7-19(15)18)24-22(26)16-9-12-20(23)21(13-16)29(27,28)25-17-10-11-17/h2-9,12-14,17,25H,10-11H2,1H3,(H,24,26). The molecule has 5 nitrogen and oxygen atoms in total. The number of nitrogens with one attached hydrogen (secondary N) is 2. The molecule has 3 aromatic carbocycles. The van der Waals surface area contributed by atoms with Crippen molar-refractivity contribution in [3.63, 3.8) is 0 Å². The monoisotopic (exact) mass is 428 g/mol. The summed E-state index contributed by atoms with van der Waals surface area (Å²) in [4.78, 5) is 12.7. The number of sulfonamides is 1. The van der Waals surface area contributed by atoms with Gasteiger partial charge in [0.1, 0.15) is 4.90 Å². The van der Waals surface area contributed by atoms with E-state index >= 15 is 0 Å². The molecule has 2 N–H and O–H groups in total. The summed E-state index contributed by atoms with van der Waals surface area (Å²) in [6, 6.07) is 17.9. The van der Waals surface area contributed by atoms with Crippen LogP contribution < -0.4 is 10.0 Å². The smallest absolute Gasteiger partial charge is 0.251 e. The van der Waals surface area contributed by atoms with Crippen LogP contribution in [0.5, 0.6) is 0 Å². The lowest BCUT2D eigenvalue weighted by atomic mass is 9.99. The number of benzene rings is 3. The van der Waals surface area contributed by atoms with Gasteiger partial charge in [-0.3, -0.25) is 4.79 Å². The highest BCUT2D eigenvalue weighted by Gasteiger charge is 2.29. The number of amides is 1. The van der Waals surface area contributed by atoms with Gasteiger partial charge in [-0.25, -0.2) is 13.1 Å². The average Bonchev–Trinajstić information content (AvgIpc) is 3.50. The molecular weight excluding hydrogens is 408 g/mol. The van der Waals surface area contributed by atoms with Gasteiger partial charge in [0.25, 0.3) is 5.91 Å². The Morgan fingerprint density at radius 1 is 1.07 bits per heavy atom. The molecule has 4 rings (SSSR count). The molecule has 150 valence electrons. The molecule has 0 spiro atoms. The van der Waals surface area contributed by atoms with Gasteiger partial charge in [0, 0.05) is 11.6 Å². The lowest BCUT2D eigenvalue weighted by Crippen LogP contribution is -2.28. The highest BCUT2D eigenvalue weighted by atomic mass is 35.5. The molecule has 1 aliphatic rings. The Balaban J connectivity index is 1.59. The minimum Gasteiger partial charge on any atom is -0.345 e. The van der Waals surface area contributed by atoms with Gasteiger partial charge in [-0.2, -0.15) is 0 Å². The van der Waals surface area contributed by atoms with E-state index in [4.69, 9.17) is 11.6 Å². The molecule has 3 aromatic rings. The first-order valence-corrected chi connectivity index (χ1v) is 11.3. The quantitative estimate of drug-likeness (QED) is 0.610. The summed E-state index contributed by atoms with van der Waals surface area (Å²) in [6.45, 7) is 1.90. The first-order valence-electron chi connectivity index (χ1n) is 9.45. The highest BCUT2D eigenvalue weighted by Crippen LogP contribution is 2.28. The second kappa shape index (κ2) is 7.78. The fourth-order valence-electron chi connectivity index (χ4n) is 3.32. The normalized spacial score (nSPS) is 15.2. The van der Waals surface area contributed by atoms with Crippen molar-refractivity contribution in [1.82, 2.24) is 10.0 Å². The SMILES string of the molecule is CC(NC(=O)c1ccc(Cl)c(S(=O)(=O)NC2CC2)c1)c1cccc2ccccc12. The van der Waals surface area contributed by atoms with Crippen LogP contribution in [0.2, 0.25) is 5.02 Å². The van der Waals surface area contributed by atoms with Gasteiger partial charge in [0.05, 0.1) is 11.1 Å². The van der Waals surface area contributed by atoms with E-state index in [0.29, 0.717) is 0 Å². The van der Waals surface area contributed by atoms with E-state index < -0.39 is 10.0 Å². The minimum atomic E-state index is -3.76.